The number of benzene rings is 1. The topological polar surface area (TPSA) is 65.2 Å². The van der Waals surface area contributed by atoms with Gasteiger partial charge in [0.15, 0.2) is 6.61 Å². The number of nitrogens with zero attached hydrogens (tertiary/aromatic N) is 2. The molecule has 0 atom stereocenters. The number of aromatic nitrogens is 2. The van der Waals surface area contributed by atoms with Gasteiger partial charge in [0.1, 0.15) is 12.0 Å². The minimum Gasteiger partial charge on any atom is -0.483 e. The molecule has 0 bridgehead atoms. The molecule has 0 spiro atoms. The van der Waals surface area contributed by atoms with Gasteiger partial charge in [0.25, 0.3) is 5.89 Å². The summed E-state index contributed by atoms with van der Waals surface area (Å²) in [5.74, 6) is 1.69. The lowest BCUT2D eigenvalue weighted by Crippen LogP contribution is -2.00. The van der Waals surface area contributed by atoms with Crippen LogP contribution in [0.5, 0.6) is 5.75 Å². The second kappa shape index (κ2) is 5.00. The summed E-state index contributed by atoms with van der Waals surface area (Å²) in [5.41, 5.74) is 2.47. The molecule has 1 aromatic heterocycles. The highest BCUT2D eigenvalue weighted by Gasteiger charge is 2.09. The maximum Gasteiger partial charge on any atom is 0.253 e. The molecule has 1 aromatic carbocycles. The Labute approximate surface area is 105 Å². The average Bonchev–Trinajstić information content (AvgIpc) is 2.73. The zero-order chi connectivity index (χ0) is 13.1. The van der Waals surface area contributed by atoms with Crippen LogP contribution < -0.4 is 4.74 Å². The van der Waals surface area contributed by atoms with Crippen LogP contribution in [-0.2, 0) is 6.61 Å². The van der Waals surface area contributed by atoms with Crippen LogP contribution in [0.1, 0.15) is 33.3 Å². The summed E-state index contributed by atoms with van der Waals surface area (Å²) in [6.07, 6.45) is 0.825. The van der Waals surface area contributed by atoms with Crippen LogP contribution in [0.15, 0.2) is 16.5 Å². The zero-order valence-electron chi connectivity index (χ0n) is 10.6. The molecule has 0 saturated carbocycles. The molecule has 0 N–H and O–H groups in total. The first-order valence-electron chi connectivity index (χ1n) is 5.58. The molecule has 5 heteroatoms. The Balaban J connectivity index is 2.16. The second-order valence-corrected chi connectivity index (χ2v) is 4.11. The van der Waals surface area contributed by atoms with Gasteiger partial charge in [-0.3, -0.25) is 4.79 Å². The van der Waals surface area contributed by atoms with Gasteiger partial charge in [0.05, 0.1) is 0 Å². The summed E-state index contributed by atoms with van der Waals surface area (Å²) in [6.45, 7) is 5.75. The fourth-order valence-corrected chi connectivity index (χ4v) is 1.81. The van der Waals surface area contributed by atoms with Gasteiger partial charge < -0.3 is 9.15 Å². The van der Waals surface area contributed by atoms with Crippen LogP contribution in [0.3, 0.4) is 0 Å². The second-order valence-electron chi connectivity index (χ2n) is 4.11. The van der Waals surface area contributed by atoms with Gasteiger partial charge in [-0.15, -0.1) is 10.2 Å². The standard InChI is InChI=1S/C13H14N2O3/c1-8-4-11(6-16)5-9(2)13(8)17-7-12-15-14-10(3)18-12/h4-6H,7H2,1-3H3. The van der Waals surface area contributed by atoms with Gasteiger partial charge in [-0.2, -0.15) is 0 Å². The summed E-state index contributed by atoms with van der Waals surface area (Å²) in [5, 5.41) is 7.58. The Hall–Kier alpha value is -2.17. The highest BCUT2D eigenvalue weighted by atomic mass is 16.5. The van der Waals surface area contributed by atoms with E-state index in [0.717, 1.165) is 23.2 Å². The molecule has 0 unspecified atom stereocenters. The first-order valence-corrected chi connectivity index (χ1v) is 5.58. The number of hydrogen-bond donors (Lipinski definition) is 0. The smallest absolute Gasteiger partial charge is 0.253 e. The van der Waals surface area contributed by atoms with Gasteiger partial charge in [-0.25, -0.2) is 0 Å². The Morgan fingerprint density at radius 2 is 1.89 bits per heavy atom. The van der Waals surface area contributed by atoms with Crippen molar-refractivity contribution in [2.45, 2.75) is 27.4 Å². The van der Waals surface area contributed by atoms with Gasteiger partial charge in [0, 0.05) is 12.5 Å². The summed E-state index contributed by atoms with van der Waals surface area (Å²) in [6, 6.07) is 3.57. The third-order valence-electron chi connectivity index (χ3n) is 2.53. The van der Waals surface area contributed by atoms with Crippen LogP contribution in [0, 0.1) is 20.8 Å². The highest BCUT2D eigenvalue weighted by Crippen LogP contribution is 2.25. The van der Waals surface area contributed by atoms with E-state index in [1.54, 1.807) is 19.1 Å². The normalized spacial score (nSPS) is 10.4. The summed E-state index contributed by atoms with van der Waals surface area (Å²) < 4.78 is 10.9. The molecule has 2 aromatic rings. The van der Waals surface area contributed by atoms with E-state index in [1.165, 1.54) is 0 Å². The van der Waals surface area contributed by atoms with E-state index >= 15 is 0 Å². The predicted octanol–water partition coefficient (Wildman–Crippen LogP) is 2.39. The van der Waals surface area contributed by atoms with E-state index in [4.69, 9.17) is 9.15 Å². The molecular weight excluding hydrogens is 232 g/mol. The number of carbonyl (C=O) groups excluding carboxylic acids is 1. The molecule has 2 rings (SSSR count). The van der Waals surface area contributed by atoms with Crippen molar-refractivity contribution < 1.29 is 13.9 Å². The van der Waals surface area contributed by atoms with Gasteiger partial charge in [-0.1, -0.05) is 0 Å². The molecule has 0 aliphatic carbocycles. The van der Waals surface area contributed by atoms with Crippen molar-refractivity contribution in [2.24, 2.45) is 0 Å². The Morgan fingerprint density at radius 3 is 2.39 bits per heavy atom. The molecule has 0 fully saturated rings. The van der Waals surface area contributed by atoms with Crippen LogP contribution in [0.25, 0.3) is 0 Å². The summed E-state index contributed by atoms with van der Waals surface area (Å²) in [4.78, 5) is 10.7. The number of ether oxygens (including phenoxy) is 1. The molecule has 1 heterocycles. The number of rotatable bonds is 4. The quantitative estimate of drug-likeness (QED) is 0.775. The lowest BCUT2D eigenvalue weighted by Gasteiger charge is -2.11. The first kappa shape index (κ1) is 12.3. The van der Waals surface area contributed by atoms with E-state index in [0.29, 0.717) is 17.3 Å². The highest BCUT2D eigenvalue weighted by molar-refractivity contribution is 5.76. The molecule has 0 radical (unpaired) electrons. The van der Waals surface area contributed by atoms with E-state index in [2.05, 4.69) is 10.2 Å². The SMILES string of the molecule is Cc1nnc(COc2c(C)cc(C=O)cc2C)o1. The Bertz CT molecular complexity index is 552. The van der Waals surface area contributed by atoms with Crippen molar-refractivity contribution in [3.63, 3.8) is 0 Å². The summed E-state index contributed by atoms with van der Waals surface area (Å²) >= 11 is 0. The van der Waals surface area contributed by atoms with Crippen molar-refractivity contribution >= 4 is 6.29 Å². The van der Waals surface area contributed by atoms with Crippen LogP contribution in [0.2, 0.25) is 0 Å². The van der Waals surface area contributed by atoms with Crippen molar-refractivity contribution in [3.8, 4) is 5.75 Å². The van der Waals surface area contributed by atoms with E-state index < -0.39 is 0 Å². The molecule has 18 heavy (non-hydrogen) atoms. The van der Waals surface area contributed by atoms with Gasteiger partial charge in [0.2, 0.25) is 5.89 Å². The third-order valence-corrected chi connectivity index (χ3v) is 2.53. The molecule has 0 amide bonds. The van der Waals surface area contributed by atoms with Crippen molar-refractivity contribution in [1.82, 2.24) is 10.2 Å². The molecule has 0 aliphatic heterocycles. The van der Waals surface area contributed by atoms with Crippen LogP contribution in [-0.4, -0.2) is 16.5 Å². The minimum absolute atomic E-state index is 0.225. The van der Waals surface area contributed by atoms with Crippen molar-refractivity contribution in [3.05, 3.63) is 40.6 Å². The van der Waals surface area contributed by atoms with E-state index in [-0.39, 0.29) is 6.61 Å². The van der Waals surface area contributed by atoms with Gasteiger partial charge in [-0.05, 0) is 37.1 Å². The predicted molar refractivity (Wildman–Crippen MR) is 64.7 cm³/mol. The van der Waals surface area contributed by atoms with E-state index in [1.807, 2.05) is 13.8 Å². The molecule has 94 valence electrons. The lowest BCUT2D eigenvalue weighted by molar-refractivity contribution is 0.112. The monoisotopic (exact) mass is 246 g/mol. The molecule has 0 aliphatic rings. The minimum atomic E-state index is 0.225. The average molecular weight is 246 g/mol. The molecule has 0 saturated heterocycles. The van der Waals surface area contributed by atoms with Gasteiger partial charge >= 0.3 is 0 Å². The maximum atomic E-state index is 10.7. The number of carbonyl (C=O) groups is 1. The third kappa shape index (κ3) is 2.56. The summed E-state index contributed by atoms with van der Waals surface area (Å²) in [7, 11) is 0. The first-order chi connectivity index (χ1) is 8.60. The Morgan fingerprint density at radius 1 is 1.22 bits per heavy atom. The number of aldehydes is 1. The molecule has 5 nitrogen and oxygen atoms in total. The number of hydrogen-bond acceptors (Lipinski definition) is 5. The maximum absolute atomic E-state index is 10.7. The lowest BCUT2D eigenvalue weighted by atomic mass is 10.1. The van der Waals surface area contributed by atoms with Crippen LogP contribution in [0.4, 0.5) is 0 Å². The van der Waals surface area contributed by atoms with Crippen LogP contribution >= 0.6 is 0 Å². The molecular formula is C13H14N2O3. The van der Waals surface area contributed by atoms with Crippen molar-refractivity contribution in [2.75, 3.05) is 0 Å². The zero-order valence-corrected chi connectivity index (χ0v) is 10.6. The fraction of sp³-hybridized carbons (Fsp3) is 0.308. The van der Waals surface area contributed by atoms with E-state index in [9.17, 15) is 4.79 Å². The fourth-order valence-electron chi connectivity index (χ4n) is 1.81. The largest absolute Gasteiger partial charge is 0.483 e. The number of aryl methyl sites for hydroxylation is 3. The Kier molecular flexibility index (Phi) is 3.41. The van der Waals surface area contributed by atoms with Crippen molar-refractivity contribution in [1.29, 1.82) is 0 Å².